The Bertz CT molecular complexity index is 864. The minimum atomic E-state index is -2.93. The third-order valence-corrected chi connectivity index (χ3v) is 6.43. The molecule has 124 valence electrons. The van der Waals surface area contributed by atoms with E-state index in [1.165, 1.54) is 0 Å². The number of aliphatic hydroxyl groups excluding tert-OH is 1. The van der Waals surface area contributed by atoms with Gasteiger partial charge in [-0.25, -0.2) is 8.42 Å². The van der Waals surface area contributed by atoms with E-state index in [0.29, 0.717) is 24.7 Å². The second-order valence-corrected chi connectivity index (χ2v) is 8.82. The molecule has 2 aliphatic rings. The molecule has 8 heteroatoms. The van der Waals surface area contributed by atoms with Gasteiger partial charge in [-0.15, -0.1) is 0 Å². The molecule has 1 aromatic heterocycles. The summed E-state index contributed by atoms with van der Waals surface area (Å²) < 4.78 is 25.5. The monoisotopic (exact) mass is 355 g/mol. The maximum atomic E-state index is 11.7. The lowest BCUT2D eigenvalue weighted by Crippen LogP contribution is -2.40. The van der Waals surface area contributed by atoms with Crippen LogP contribution in [0.1, 0.15) is 11.9 Å². The fourth-order valence-corrected chi connectivity index (χ4v) is 4.88. The highest BCUT2D eigenvalue weighted by molar-refractivity contribution is 7.91. The minimum Gasteiger partial charge on any atom is -0.373 e. The first-order valence-corrected chi connectivity index (χ1v) is 9.84. The quantitative estimate of drug-likeness (QED) is 0.802. The summed E-state index contributed by atoms with van der Waals surface area (Å²) >= 11 is 6.27. The first kappa shape index (κ1) is 15.3. The SMILES string of the molecule is O=S1(=O)CCN(c2cc(Cl)cc3cc4n(c23)CCNC4O)CC1. The van der Waals surface area contributed by atoms with Crippen molar-refractivity contribution >= 4 is 38.0 Å². The zero-order chi connectivity index (χ0) is 16.2. The summed E-state index contributed by atoms with van der Waals surface area (Å²) in [5, 5.41) is 14.8. The van der Waals surface area contributed by atoms with Crippen molar-refractivity contribution in [2.24, 2.45) is 0 Å². The Morgan fingerprint density at radius 1 is 1.17 bits per heavy atom. The second kappa shape index (κ2) is 5.37. The van der Waals surface area contributed by atoms with Gasteiger partial charge < -0.3 is 14.6 Å². The second-order valence-electron chi connectivity index (χ2n) is 6.08. The highest BCUT2D eigenvalue weighted by Crippen LogP contribution is 2.36. The summed E-state index contributed by atoms with van der Waals surface area (Å²) in [6.07, 6.45) is -0.690. The van der Waals surface area contributed by atoms with Crippen LogP contribution in [0.25, 0.3) is 10.9 Å². The highest BCUT2D eigenvalue weighted by Gasteiger charge is 2.27. The predicted octanol–water partition coefficient (Wildman–Crippen LogP) is 1.12. The van der Waals surface area contributed by atoms with Crippen LogP contribution in [0.5, 0.6) is 0 Å². The molecule has 23 heavy (non-hydrogen) atoms. The molecule has 1 fully saturated rings. The Labute approximate surface area is 139 Å². The molecule has 2 aromatic rings. The summed E-state index contributed by atoms with van der Waals surface area (Å²) in [7, 11) is -2.93. The van der Waals surface area contributed by atoms with Crippen LogP contribution in [0, 0.1) is 0 Å². The van der Waals surface area contributed by atoms with Crippen LogP contribution in [-0.4, -0.2) is 49.2 Å². The zero-order valence-electron chi connectivity index (χ0n) is 12.5. The Morgan fingerprint density at radius 2 is 1.91 bits per heavy atom. The average Bonchev–Trinajstić information content (AvgIpc) is 2.86. The number of anilines is 1. The third kappa shape index (κ3) is 2.61. The van der Waals surface area contributed by atoms with Crippen molar-refractivity contribution in [3.8, 4) is 0 Å². The third-order valence-electron chi connectivity index (χ3n) is 4.61. The number of aliphatic hydroxyl groups is 1. The van der Waals surface area contributed by atoms with Crippen molar-refractivity contribution in [2.75, 3.05) is 36.0 Å². The van der Waals surface area contributed by atoms with Crippen molar-refractivity contribution in [2.45, 2.75) is 12.8 Å². The van der Waals surface area contributed by atoms with Crippen molar-refractivity contribution in [3.63, 3.8) is 0 Å². The van der Waals surface area contributed by atoms with E-state index in [4.69, 9.17) is 11.6 Å². The lowest BCUT2D eigenvalue weighted by molar-refractivity contribution is 0.116. The first-order valence-electron chi connectivity index (χ1n) is 7.64. The van der Waals surface area contributed by atoms with Gasteiger partial charge in [0.1, 0.15) is 6.23 Å². The van der Waals surface area contributed by atoms with E-state index in [1.54, 1.807) is 0 Å². The molecule has 2 aliphatic heterocycles. The number of benzene rings is 1. The maximum absolute atomic E-state index is 11.7. The van der Waals surface area contributed by atoms with Crippen molar-refractivity contribution < 1.29 is 13.5 Å². The first-order chi connectivity index (χ1) is 10.9. The van der Waals surface area contributed by atoms with E-state index >= 15 is 0 Å². The summed E-state index contributed by atoms with van der Waals surface area (Å²) in [6, 6.07) is 5.73. The Morgan fingerprint density at radius 3 is 2.65 bits per heavy atom. The van der Waals surface area contributed by atoms with Gasteiger partial charge in [0, 0.05) is 36.6 Å². The predicted molar refractivity (Wildman–Crippen MR) is 90.8 cm³/mol. The molecule has 0 bridgehead atoms. The summed E-state index contributed by atoms with van der Waals surface area (Å²) in [6.45, 7) is 2.39. The molecule has 4 rings (SSSR count). The van der Waals surface area contributed by atoms with Gasteiger partial charge in [0.15, 0.2) is 9.84 Å². The minimum absolute atomic E-state index is 0.165. The molecular formula is C15H18ClN3O3S. The number of sulfone groups is 1. The number of fused-ring (bicyclic) bond motifs is 3. The van der Waals surface area contributed by atoms with E-state index in [0.717, 1.165) is 28.8 Å². The smallest absolute Gasteiger partial charge is 0.153 e. The topological polar surface area (TPSA) is 74.6 Å². The van der Waals surface area contributed by atoms with E-state index in [-0.39, 0.29) is 11.5 Å². The highest BCUT2D eigenvalue weighted by atomic mass is 35.5. The van der Waals surface area contributed by atoms with Crippen LogP contribution in [0.2, 0.25) is 5.02 Å². The molecule has 0 amide bonds. The lowest BCUT2D eigenvalue weighted by atomic mass is 10.2. The Kier molecular flexibility index (Phi) is 3.57. The van der Waals surface area contributed by atoms with Crippen LogP contribution in [0.3, 0.4) is 0 Å². The van der Waals surface area contributed by atoms with Crippen LogP contribution < -0.4 is 10.2 Å². The molecular weight excluding hydrogens is 338 g/mol. The van der Waals surface area contributed by atoms with Gasteiger partial charge in [-0.1, -0.05) is 11.6 Å². The van der Waals surface area contributed by atoms with E-state index in [2.05, 4.69) is 14.8 Å². The largest absolute Gasteiger partial charge is 0.373 e. The van der Waals surface area contributed by atoms with Gasteiger partial charge in [-0.3, -0.25) is 5.32 Å². The van der Waals surface area contributed by atoms with Crippen molar-refractivity contribution in [3.05, 3.63) is 28.9 Å². The lowest BCUT2D eigenvalue weighted by Gasteiger charge is -2.31. The molecule has 0 radical (unpaired) electrons. The molecule has 3 heterocycles. The molecule has 1 saturated heterocycles. The van der Waals surface area contributed by atoms with Crippen LogP contribution in [0.15, 0.2) is 18.2 Å². The Hall–Kier alpha value is -1.28. The maximum Gasteiger partial charge on any atom is 0.153 e. The zero-order valence-corrected chi connectivity index (χ0v) is 14.1. The molecule has 1 aromatic carbocycles. The molecule has 2 N–H and O–H groups in total. The van der Waals surface area contributed by atoms with E-state index in [1.807, 2.05) is 18.2 Å². The van der Waals surface area contributed by atoms with Gasteiger partial charge in [0.25, 0.3) is 0 Å². The van der Waals surface area contributed by atoms with Crippen molar-refractivity contribution in [1.29, 1.82) is 0 Å². The number of halogens is 1. The summed E-state index contributed by atoms with van der Waals surface area (Å²) in [5.41, 5.74) is 2.78. The van der Waals surface area contributed by atoms with Gasteiger partial charge in [-0.2, -0.15) is 0 Å². The summed E-state index contributed by atoms with van der Waals surface area (Å²) in [4.78, 5) is 2.08. The molecule has 0 aliphatic carbocycles. The van der Waals surface area contributed by atoms with Gasteiger partial charge in [0.05, 0.1) is 28.4 Å². The molecule has 1 unspecified atom stereocenters. The molecule has 0 saturated carbocycles. The van der Waals surface area contributed by atoms with E-state index in [9.17, 15) is 13.5 Å². The van der Waals surface area contributed by atoms with Crippen molar-refractivity contribution in [1.82, 2.24) is 9.88 Å². The van der Waals surface area contributed by atoms with Crippen LogP contribution in [-0.2, 0) is 16.4 Å². The van der Waals surface area contributed by atoms with Crippen LogP contribution >= 0.6 is 11.6 Å². The number of rotatable bonds is 1. The number of nitrogens with one attached hydrogen (secondary N) is 1. The fourth-order valence-electron chi connectivity index (χ4n) is 3.46. The van der Waals surface area contributed by atoms with Gasteiger partial charge in [0.2, 0.25) is 0 Å². The number of hydrogen-bond acceptors (Lipinski definition) is 5. The number of aromatic nitrogens is 1. The average molecular weight is 356 g/mol. The Balaban J connectivity index is 1.86. The molecule has 0 spiro atoms. The van der Waals surface area contributed by atoms with E-state index < -0.39 is 16.1 Å². The number of nitrogens with zero attached hydrogens (tertiary/aromatic N) is 2. The normalized spacial score (nSPS) is 23.9. The fraction of sp³-hybridized carbons (Fsp3) is 0.467. The summed E-state index contributed by atoms with van der Waals surface area (Å²) in [5.74, 6) is 0.331. The molecule has 6 nitrogen and oxygen atoms in total. The standard InChI is InChI=1S/C15H18ClN3O3S/c16-11-7-10-8-13-15(20)17-1-2-19(13)14(10)12(9-11)18-3-5-23(21,22)6-4-18/h7-9,15,17,20H,1-6H2. The van der Waals surface area contributed by atoms with Gasteiger partial charge in [-0.05, 0) is 18.2 Å². The number of hydrogen-bond donors (Lipinski definition) is 2. The van der Waals surface area contributed by atoms with Crippen LogP contribution in [0.4, 0.5) is 5.69 Å². The van der Waals surface area contributed by atoms with Gasteiger partial charge >= 0.3 is 0 Å². The molecule has 1 atom stereocenters.